The number of carbonyl (C=O) groups is 2. The molecule has 2 heterocycles. The minimum absolute atomic E-state index is 0.0263. The van der Waals surface area contributed by atoms with Crippen LogP contribution in [-0.4, -0.2) is 53.8 Å². The number of rotatable bonds is 3. The van der Waals surface area contributed by atoms with Crippen LogP contribution in [-0.2, 0) is 9.59 Å². The first kappa shape index (κ1) is 11.5. The summed E-state index contributed by atoms with van der Waals surface area (Å²) in [5, 5.41) is 0. The normalized spacial score (nSPS) is 31.8. The average Bonchev–Trinajstić information content (AvgIpc) is 2.70. The lowest BCUT2D eigenvalue weighted by atomic mass is 10.1. The molecule has 2 rings (SSSR count). The molecule has 2 saturated heterocycles. The molecular weight excluding hydrogens is 206 g/mol. The molecule has 0 bridgehead atoms. The number of nitrogens with two attached hydrogens (primary N) is 1. The molecule has 2 N–H and O–H groups in total. The number of imide groups is 1. The number of hydrogen-bond acceptors (Lipinski definition) is 4. The minimum atomic E-state index is -0.0263. The van der Waals surface area contributed by atoms with E-state index in [4.69, 9.17) is 5.73 Å². The largest absolute Gasteiger partial charge is 0.326 e. The van der Waals surface area contributed by atoms with Crippen molar-refractivity contribution < 1.29 is 9.59 Å². The zero-order valence-electron chi connectivity index (χ0n) is 9.69. The van der Waals surface area contributed by atoms with Gasteiger partial charge >= 0.3 is 0 Å². The Balaban J connectivity index is 1.80. The highest BCUT2D eigenvalue weighted by molar-refractivity contribution is 6.01. The van der Waals surface area contributed by atoms with Gasteiger partial charge in [0.15, 0.2) is 0 Å². The third-order valence-electron chi connectivity index (χ3n) is 3.54. The van der Waals surface area contributed by atoms with Gasteiger partial charge in [0, 0.05) is 45.1 Å². The molecule has 0 aromatic heterocycles. The Hall–Kier alpha value is -0.940. The number of hydrogen-bond donors (Lipinski definition) is 1. The summed E-state index contributed by atoms with van der Waals surface area (Å²) >= 11 is 0. The van der Waals surface area contributed by atoms with Crippen LogP contribution >= 0.6 is 0 Å². The van der Waals surface area contributed by atoms with Crippen molar-refractivity contribution >= 4 is 11.8 Å². The first-order valence-electron chi connectivity index (χ1n) is 5.89. The van der Waals surface area contributed by atoms with Crippen LogP contribution in [0.25, 0.3) is 0 Å². The second-order valence-electron chi connectivity index (χ2n) is 4.84. The second-order valence-corrected chi connectivity index (χ2v) is 4.84. The van der Waals surface area contributed by atoms with E-state index >= 15 is 0 Å². The summed E-state index contributed by atoms with van der Waals surface area (Å²) in [5.74, 6) is 0.452. The smallest absolute Gasteiger partial charge is 0.229 e. The summed E-state index contributed by atoms with van der Waals surface area (Å²) in [4.78, 5) is 26.4. The van der Waals surface area contributed by atoms with Gasteiger partial charge in [-0.25, -0.2) is 0 Å². The van der Waals surface area contributed by atoms with Crippen LogP contribution in [0.5, 0.6) is 0 Å². The number of carbonyl (C=O) groups excluding carboxylic acids is 2. The lowest BCUT2D eigenvalue weighted by molar-refractivity contribution is -0.138. The summed E-state index contributed by atoms with van der Waals surface area (Å²) in [6.45, 7) is 5.26. The Morgan fingerprint density at radius 3 is 2.31 bits per heavy atom. The molecule has 2 fully saturated rings. The zero-order valence-corrected chi connectivity index (χ0v) is 9.69. The van der Waals surface area contributed by atoms with Crippen LogP contribution in [0.15, 0.2) is 0 Å². The van der Waals surface area contributed by atoms with Crippen LogP contribution in [0, 0.1) is 5.92 Å². The maximum atomic E-state index is 11.4. The fraction of sp³-hybridized carbons (Fsp3) is 0.818. The summed E-state index contributed by atoms with van der Waals surface area (Å²) in [6, 6.07) is 0.227. The van der Waals surface area contributed by atoms with Gasteiger partial charge in [-0.1, -0.05) is 6.92 Å². The lowest BCUT2D eigenvalue weighted by Crippen LogP contribution is -2.38. The monoisotopic (exact) mass is 225 g/mol. The predicted octanol–water partition coefficient (Wildman–Crippen LogP) is -0.586. The molecule has 2 amide bonds. The van der Waals surface area contributed by atoms with Crippen molar-refractivity contribution in [3.8, 4) is 0 Å². The van der Waals surface area contributed by atoms with Gasteiger partial charge in [0.2, 0.25) is 11.8 Å². The Morgan fingerprint density at radius 2 is 1.81 bits per heavy atom. The van der Waals surface area contributed by atoms with Crippen molar-refractivity contribution in [1.82, 2.24) is 9.80 Å². The molecule has 90 valence electrons. The number of nitrogens with zero attached hydrogens (tertiary/aromatic N) is 2. The van der Waals surface area contributed by atoms with Gasteiger partial charge in [0.25, 0.3) is 0 Å². The molecule has 16 heavy (non-hydrogen) atoms. The molecule has 2 aliphatic rings. The van der Waals surface area contributed by atoms with E-state index in [0.29, 0.717) is 25.3 Å². The van der Waals surface area contributed by atoms with Crippen molar-refractivity contribution in [2.75, 3.05) is 26.2 Å². The van der Waals surface area contributed by atoms with E-state index in [1.54, 1.807) is 0 Å². The Kier molecular flexibility index (Phi) is 3.25. The minimum Gasteiger partial charge on any atom is -0.326 e. The van der Waals surface area contributed by atoms with E-state index in [1.165, 1.54) is 4.90 Å². The van der Waals surface area contributed by atoms with Gasteiger partial charge in [-0.3, -0.25) is 19.4 Å². The van der Waals surface area contributed by atoms with Gasteiger partial charge in [-0.2, -0.15) is 0 Å². The van der Waals surface area contributed by atoms with Crippen LogP contribution < -0.4 is 5.73 Å². The van der Waals surface area contributed by atoms with E-state index in [1.807, 2.05) is 0 Å². The van der Waals surface area contributed by atoms with Crippen LogP contribution in [0.1, 0.15) is 19.8 Å². The van der Waals surface area contributed by atoms with Gasteiger partial charge in [-0.15, -0.1) is 0 Å². The summed E-state index contributed by atoms with van der Waals surface area (Å²) < 4.78 is 0. The first-order chi connectivity index (χ1) is 7.58. The van der Waals surface area contributed by atoms with Crippen molar-refractivity contribution in [2.45, 2.75) is 25.8 Å². The van der Waals surface area contributed by atoms with Crippen LogP contribution in [0.3, 0.4) is 0 Å². The molecule has 5 heteroatoms. The number of amides is 2. The third kappa shape index (κ3) is 2.25. The fourth-order valence-electron chi connectivity index (χ4n) is 2.39. The molecule has 0 spiro atoms. The van der Waals surface area contributed by atoms with E-state index in [9.17, 15) is 9.59 Å². The van der Waals surface area contributed by atoms with Gasteiger partial charge < -0.3 is 5.73 Å². The molecular formula is C11H19N3O2. The average molecular weight is 225 g/mol. The fourth-order valence-corrected chi connectivity index (χ4v) is 2.39. The predicted molar refractivity (Wildman–Crippen MR) is 59.5 cm³/mol. The van der Waals surface area contributed by atoms with Crippen molar-refractivity contribution in [3.05, 3.63) is 0 Å². The van der Waals surface area contributed by atoms with Crippen LogP contribution in [0.2, 0.25) is 0 Å². The molecule has 0 aliphatic carbocycles. The lowest BCUT2D eigenvalue weighted by Gasteiger charge is -2.19. The summed E-state index contributed by atoms with van der Waals surface area (Å²) in [7, 11) is 0. The highest BCUT2D eigenvalue weighted by Gasteiger charge is 2.31. The van der Waals surface area contributed by atoms with E-state index < -0.39 is 0 Å². The highest BCUT2D eigenvalue weighted by atomic mass is 16.2. The topological polar surface area (TPSA) is 66.6 Å². The van der Waals surface area contributed by atoms with Crippen molar-refractivity contribution in [2.24, 2.45) is 11.7 Å². The Bertz CT molecular complexity index is 280. The SMILES string of the molecule is CC1CN(CCN2C(=O)CCC2=O)CC1N. The first-order valence-corrected chi connectivity index (χ1v) is 5.89. The molecule has 0 aromatic carbocycles. The van der Waals surface area contributed by atoms with Gasteiger partial charge in [-0.05, 0) is 5.92 Å². The highest BCUT2D eigenvalue weighted by Crippen LogP contribution is 2.15. The zero-order chi connectivity index (χ0) is 11.7. The van der Waals surface area contributed by atoms with Gasteiger partial charge in [0.1, 0.15) is 0 Å². The third-order valence-corrected chi connectivity index (χ3v) is 3.54. The molecule has 2 unspecified atom stereocenters. The molecule has 0 saturated carbocycles. The van der Waals surface area contributed by atoms with E-state index in [0.717, 1.165) is 19.6 Å². The Labute approximate surface area is 95.6 Å². The molecule has 0 aromatic rings. The number of likely N-dealkylation sites (tertiary alicyclic amines) is 2. The van der Waals surface area contributed by atoms with E-state index in [-0.39, 0.29) is 17.9 Å². The maximum Gasteiger partial charge on any atom is 0.229 e. The Morgan fingerprint density at radius 1 is 1.19 bits per heavy atom. The van der Waals surface area contributed by atoms with Gasteiger partial charge in [0.05, 0.1) is 0 Å². The molecule has 2 atom stereocenters. The second kappa shape index (κ2) is 4.51. The quantitative estimate of drug-likeness (QED) is 0.652. The molecule has 2 aliphatic heterocycles. The van der Waals surface area contributed by atoms with E-state index in [2.05, 4.69) is 11.8 Å². The van der Waals surface area contributed by atoms with Crippen molar-refractivity contribution in [1.29, 1.82) is 0 Å². The summed E-state index contributed by atoms with van der Waals surface area (Å²) in [6.07, 6.45) is 0.767. The van der Waals surface area contributed by atoms with Crippen molar-refractivity contribution in [3.63, 3.8) is 0 Å². The molecule has 0 radical (unpaired) electrons. The molecule has 5 nitrogen and oxygen atoms in total. The van der Waals surface area contributed by atoms with Crippen LogP contribution in [0.4, 0.5) is 0 Å². The standard InChI is InChI=1S/C11H19N3O2/c1-8-6-13(7-9(8)12)4-5-14-10(15)2-3-11(14)16/h8-9H,2-7,12H2,1H3. The summed E-state index contributed by atoms with van der Waals surface area (Å²) in [5.41, 5.74) is 5.92. The maximum absolute atomic E-state index is 11.4.